The van der Waals surface area contributed by atoms with Crippen LogP contribution in [0.1, 0.15) is 21.5 Å². The molecule has 0 aliphatic heterocycles. The second-order valence-electron chi connectivity index (χ2n) is 3.43. The average Bonchev–Trinajstić information content (AvgIpc) is 2.69. The second kappa shape index (κ2) is 4.69. The van der Waals surface area contributed by atoms with Crippen molar-refractivity contribution >= 4 is 11.3 Å². The van der Waals surface area contributed by atoms with Crippen molar-refractivity contribution in [2.45, 2.75) is 13.0 Å². The zero-order chi connectivity index (χ0) is 11.5. The molecule has 5 heteroatoms. The van der Waals surface area contributed by atoms with Crippen LogP contribution in [0.5, 0.6) is 0 Å². The molecule has 0 aliphatic carbocycles. The highest BCUT2D eigenvalue weighted by molar-refractivity contribution is 7.11. The molecule has 0 saturated carbocycles. The number of aromatic nitrogens is 1. The van der Waals surface area contributed by atoms with E-state index in [0.717, 1.165) is 15.4 Å². The predicted octanol–water partition coefficient (Wildman–Crippen LogP) is 2.14. The molecule has 1 aromatic carbocycles. The number of nitrogens with one attached hydrogen (secondary N) is 1. The first kappa shape index (κ1) is 11.2. The summed E-state index contributed by atoms with van der Waals surface area (Å²) in [5.41, 5.74) is 3.64. The Bertz CT molecular complexity index is 466. The van der Waals surface area contributed by atoms with Gasteiger partial charge in [-0.2, -0.15) is 0 Å². The van der Waals surface area contributed by atoms with Crippen LogP contribution in [0.3, 0.4) is 0 Å². The van der Waals surface area contributed by atoms with Gasteiger partial charge in [-0.25, -0.2) is 14.8 Å². The van der Waals surface area contributed by atoms with Crippen LogP contribution in [0, 0.1) is 12.7 Å². The van der Waals surface area contributed by atoms with Crippen LogP contribution in [0.25, 0.3) is 0 Å². The maximum Gasteiger partial charge on any atom is 0.123 e. The highest BCUT2D eigenvalue weighted by Crippen LogP contribution is 2.26. The number of hydrogen-bond acceptors (Lipinski definition) is 4. The van der Waals surface area contributed by atoms with Crippen molar-refractivity contribution in [3.63, 3.8) is 0 Å². The fraction of sp³-hybridized carbons (Fsp3) is 0.182. The summed E-state index contributed by atoms with van der Waals surface area (Å²) in [5.74, 6) is 5.27. The largest absolute Gasteiger partial charge is 0.271 e. The van der Waals surface area contributed by atoms with Crippen molar-refractivity contribution in [2.24, 2.45) is 5.84 Å². The Morgan fingerprint density at radius 3 is 2.56 bits per heavy atom. The van der Waals surface area contributed by atoms with Crippen molar-refractivity contribution in [2.75, 3.05) is 0 Å². The van der Waals surface area contributed by atoms with Crippen LogP contribution < -0.4 is 11.3 Å². The maximum absolute atomic E-state index is 12.8. The van der Waals surface area contributed by atoms with E-state index in [9.17, 15) is 4.39 Å². The van der Waals surface area contributed by atoms with Gasteiger partial charge in [0, 0.05) is 11.1 Å². The molecule has 0 amide bonds. The molecule has 2 rings (SSSR count). The number of hydrazine groups is 1. The number of halogens is 1. The van der Waals surface area contributed by atoms with E-state index in [-0.39, 0.29) is 11.9 Å². The van der Waals surface area contributed by atoms with Crippen LogP contribution in [-0.4, -0.2) is 4.98 Å². The second-order valence-corrected chi connectivity index (χ2v) is 4.70. The molecule has 1 unspecified atom stereocenters. The molecule has 84 valence electrons. The quantitative estimate of drug-likeness (QED) is 0.635. The van der Waals surface area contributed by atoms with Crippen LogP contribution in [0.15, 0.2) is 30.5 Å². The Labute approximate surface area is 97.1 Å². The third kappa shape index (κ3) is 2.27. The van der Waals surface area contributed by atoms with E-state index in [2.05, 4.69) is 10.4 Å². The molecule has 0 aliphatic rings. The fourth-order valence-electron chi connectivity index (χ4n) is 1.51. The van der Waals surface area contributed by atoms with Gasteiger partial charge in [0.25, 0.3) is 0 Å². The molecule has 1 aromatic heterocycles. The van der Waals surface area contributed by atoms with Crippen LogP contribution in [-0.2, 0) is 0 Å². The van der Waals surface area contributed by atoms with E-state index in [1.54, 1.807) is 29.7 Å². The van der Waals surface area contributed by atoms with Gasteiger partial charge in [-0.1, -0.05) is 12.1 Å². The summed E-state index contributed by atoms with van der Waals surface area (Å²) in [6, 6.07) is 6.15. The van der Waals surface area contributed by atoms with Crippen molar-refractivity contribution in [1.82, 2.24) is 10.4 Å². The van der Waals surface area contributed by atoms with Gasteiger partial charge < -0.3 is 0 Å². The van der Waals surface area contributed by atoms with E-state index in [0.29, 0.717) is 0 Å². The third-order valence-electron chi connectivity index (χ3n) is 2.29. The Morgan fingerprint density at radius 2 is 2.06 bits per heavy atom. The molecule has 1 heterocycles. The first-order valence-corrected chi connectivity index (χ1v) is 5.66. The molecular formula is C11H12FN3S. The number of benzene rings is 1. The summed E-state index contributed by atoms with van der Waals surface area (Å²) in [4.78, 5) is 5.20. The smallest absolute Gasteiger partial charge is 0.123 e. The monoisotopic (exact) mass is 237 g/mol. The number of hydrogen-bond donors (Lipinski definition) is 2. The zero-order valence-corrected chi connectivity index (χ0v) is 9.59. The van der Waals surface area contributed by atoms with Crippen molar-refractivity contribution in [3.05, 3.63) is 51.7 Å². The highest BCUT2D eigenvalue weighted by atomic mass is 32.1. The SMILES string of the molecule is Cc1ncc(C(NN)c2ccc(F)cc2)s1. The van der Waals surface area contributed by atoms with Gasteiger partial charge in [0.2, 0.25) is 0 Å². The molecule has 2 aromatic rings. The highest BCUT2D eigenvalue weighted by Gasteiger charge is 2.14. The van der Waals surface area contributed by atoms with E-state index >= 15 is 0 Å². The molecule has 0 saturated heterocycles. The summed E-state index contributed by atoms with van der Waals surface area (Å²) in [6.07, 6.45) is 1.79. The van der Waals surface area contributed by atoms with Crippen LogP contribution in [0.4, 0.5) is 4.39 Å². The number of aryl methyl sites for hydroxylation is 1. The van der Waals surface area contributed by atoms with Gasteiger partial charge in [0.15, 0.2) is 0 Å². The molecule has 3 nitrogen and oxygen atoms in total. The summed E-state index contributed by atoms with van der Waals surface area (Å²) >= 11 is 1.57. The Hall–Kier alpha value is -1.30. The minimum Gasteiger partial charge on any atom is -0.271 e. The lowest BCUT2D eigenvalue weighted by Gasteiger charge is -2.13. The predicted molar refractivity (Wildman–Crippen MR) is 62.4 cm³/mol. The molecule has 0 fully saturated rings. The first-order valence-electron chi connectivity index (χ1n) is 4.84. The van der Waals surface area contributed by atoms with Gasteiger partial charge in [0.05, 0.1) is 11.0 Å². The lowest BCUT2D eigenvalue weighted by molar-refractivity contribution is 0.618. The Balaban J connectivity index is 2.32. The third-order valence-corrected chi connectivity index (χ3v) is 3.27. The number of thiazole rings is 1. The fourth-order valence-corrected chi connectivity index (χ4v) is 2.38. The minimum atomic E-state index is -0.250. The van der Waals surface area contributed by atoms with Gasteiger partial charge in [-0.05, 0) is 24.6 Å². The van der Waals surface area contributed by atoms with Crippen molar-refractivity contribution in [3.8, 4) is 0 Å². The number of rotatable bonds is 3. The zero-order valence-electron chi connectivity index (χ0n) is 8.77. The normalized spacial score (nSPS) is 12.7. The van der Waals surface area contributed by atoms with Gasteiger partial charge in [-0.3, -0.25) is 5.84 Å². The standard InChI is InChI=1S/C11H12FN3S/c1-7-14-6-10(16-7)11(15-13)8-2-4-9(12)5-3-8/h2-6,11,15H,13H2,1H3. The Kier molecular flexibility index (Phi) is 3.28. The number of nitrogens with two attached hydrogens (primary N) is 1. The molecule has 0 bridgehead atoms. The maximum atomic E-state index is 12.8. The van der Waals surface area contributed by atoms with E-state index in [4.69, 9.17) is 5.84 Å². The average molecular weight is 237 g/mol. The van der Waals surface area contributed by atoms with E-state index < -0.39 is 0 Å². The van der Waals surface area contributed by atoms with Crippen molar-refractivity contribution < 1.29 is 4.39 Å². The van der Waals surface area contributed by atoms with Crippen LogP contribution >= 0.6 is 11.3 Å². The van der Waals surface area contributed by atoms with E-state index in [1.165, 1.54) is 12.1 Å². The molecule has 16 heavy (non-hydrogen) atoms. The first-order chi connectivity index (χ1) is 7.70. The minimum absolute atomic E-state index is 0.133. The van der Waals surface area contributed by atoms with Gasteiger partial charge in [-0.15, -0.1) is 11.3 Å². The summed E-state index contributed by atoms with van der Waals surface area (Å²) < 4.78 is 12.8. The lowest BCUT2D eigenvalue weighted by atomic mass is 10.1. The summed E-state index contributed by atoms with van der Waals surface area (Å²) in [7, 11) is 0. The Morgan fingerprint density at radius 1 is 1.38 bits per heavy atom. The van der Waals surface area contributed by atoms with Crippen LogP contribution in [0.2, 0.25) is 0 Å². The summed E-state index contributed by atoms with van der Waals surface area (Å²) in [6.45, 7) is 1.94. The molecule has 0 radical (unpaired) electrons. The summed E-state index contributed by atoms with van der Waals surface area (Å²) in [5, 5.41) is 0.984. The molecule has 0 spiro atoms. The molecule has 1 atom stereocenters. The molecular weight excluding hydrogens is 225 g/mol. The van der Waals surface area contributed by atoms with E-state index in [1.807, 2.05) is 6.92 Å². The number of nitrogens with zero attached hydrogens (tertiary/aromatic N) is 1. The van der Waals surface area contributed by atoms with Crippen molar-refractivity contribution in [1.29, 1.82) is 0 Å². The lowest BCUT2D eigenvalue weighted by Crippen LogP contribution is -2.28. The topological polar surface area (TPSA) is 50.9 Å². The molecule has 3 N–H and O–H groups in total. The van der Waals surface area contributed by atoms with Gasteiger partial charge >= 0.3 is 0 Å². The van der Waals surface area contributed by atoms with Gasteiger partial charge in [0.1, 0.15) is 5.82 Å².